The van der Waals surface area contributed by atoms with Crippen LogP contribution in [0.2, 0.25) is 0 Å². The lowest BCUT2D eigenvalue weighted by Crippen LogP contribution is -2.24. The van der Waals surface area contributed by atoms with Crippen molar-refractivity contribution in [3.63, 3.8) is 0 Å². The summed E-state index contributed by atoms with van der Waals surface area (Å²) in [6.45, 7) is 2.00. The fourth-order valence-electron chi connectivity index (χ4n) is 1.50. The van der Waals surface area contributed by atoms with E-state index in [1.54, 1.807) is 31.2 Å². The lowest BCUT2D eigenvalue weighted by molar-refractivity contribution is -0.0914. The molecular weight excluding hydrogens is 254 g/mol. The quantitative estimate of drug-likeness (QED) is 0.763. The fraction of sp³-hybridized carbons (Fsp3) is 0.500. The van der Waals surface area contributed by atoms with Crippen molar-refractivity contribution in [1.29, 1.82) is 0 Å². The summed E-state index contributed by atoms with van der Waals surface area (Å²) in [5.41, 5.74) is 0.568. The van der Waals surface area contributed by atoms with Gasteiger partial charge in [0.25, 0.3) is 0 Å². The largest absolute Gasteiger partial charge is 0.379 e. The van der Waals surface area contributed by atoms with Gasteiger partial charge >= 0.3 is 0 Å². The van der Waals surface area contributed by atoms with Crippen LogP contribution in [0.15, 0.2) is 29.2 Å². The van der Waals surface area contributed by atoms with Gasteiger partial charge in [-0.25, -0.2) is 8.42 Å². The minimum atomic E-state index is -3.23. The van der Waals surface area contributed by atoms with Crippen molar-refractivity contribution < 1.29 is 17.9 Å². The van der Waals surface area contributed by atoms with E-state index in [1.165, 1.54) is 14.2 Å². The molecule has 1 rings (SSSR count). The molecule has 1 N–H and O–H groups in total. The molecule has 0 aromatic heterocycles. The molecule has 6 heteroatoms. The van der Waals surface area contributed by atoms with E-state index in [0.717, 1.165) is 0 Å². The second-order valence-electron chi connectivity index (χ2n) is 3.68. The molecule has 0 aliphatic carbocycles. The van der Waals surface area contributed by atoms with E-state index in [0.29, 0.717) is 17.1 Å². The Morgan fingerprint density at radius 1 is 1.22 bits per heavy atom. The first-order valence-electron chi connectivity index (χ1n) is 5.66. The van der Waals surface area contributed by atoms with Crippen molar-refractivity contribution in [3.8, 4) is 0 Å². The fourth-order valence-corrected chi connectivity index (χ4v) is 2.57. The van der Waals surface area contributed by atoms with E-state index in [-0.39, 0.29) is 5.75 Å². The van der Waals surface area contributed by atoms with Gasteiger partial charge < -0.3 is 14.8 Å². The lowest BCUT2D eigenvalue weighted by Gasteiger charge is -2.16. The van der Waals surface area contributed by atoms with Gasteiger partial charge in [-0.3, -0.25) is 0 Å². The van der Waals surface area contributed by atoms with Crippen LogP contribution in [0.1, 0.15) is 6.92 Å². The second-order valence-corrected chi connectivity index (χ2v) is 5.93. The normalized spacial score (nSPS) is 11.8. The third-order valence-corrected chi connectivity index (χ3v) is 4.37. The van der Waals surface area contributed by atoms with Crippen molar-refractivity contribution in [2.75, 3.05) is 31.8 Å². The van der Waals surface area contributed by atoms with Gasteiger partial charge in [-0.1, -0.05) is 19.1 Å². The van der Waals surface area contributed by atoms with E-state index in [4.69, 9.17) is 9.47 Å². The number of benzene rings is 1. The monoisotopic (exact) mass is 273 g/mol. The van der Waals surface area contributed by atoms with Crippen LogP contribution in [0.3, 0.4) is 0 Å². The van der Waals surface area contributed by atoms with E-state index in [2.05, 4.69) is 5.32 Å². The van der Waals surface area contributed by atoms with Gasteiger partial charge in [-0.05, 0) is 12.1 Å². The maximum Gasteiger partial charge on any atom is 0.180 e. The van der Waals surface area contributed by atoms with Gasteiger partial charge in [0, 0.05) is 14.2 Å². The molecule has 0 spiro atoms. The predicted molar refractivity (Wildman–Crippen MR) is 70.5 cm³/mol. The van der Waals surface area contributed by atoms with Crippen LogP contribution in [0.5, 0.6) is 0 Å². The van der Waals surface area contributed by atoms with E-state index in [9.17, 15) is 8.42 Å². The summed E-state index contributed by atoms with van der Waals surface area (Å²) >= 11 is 0. The van der Waals surface area contributed by atoms with E-state index in [1.807, 2.05) is 0 Å². The topological polar surface area (TPSA) is 64.6 Å². The molecule has 0 aliphatic rings. The molecule has 0 saturated heterocycles. The first kappa shape index (κ1) is 14.9. The van der Waals surface area contributed by atoms with Crippen molar-refractivity contribution >= 4 is 15.5 Å². The Balaban J connectivity index is 2.90. The summed E-state index contributed by atoms with van der Waals surface area (Å²) in [4.78, 5) is 0.304. The number of ether oxygens (including phenoxy) is 2. The molecule has 18 heavy (non-hydrogen) atoms. The Morgan fingerprint density at radius 2 is 1.83 bits per heavy atom. The van der Waals surface area contributed by atoms with Crippen LogP contribution in [0.25, 0.3) is 0 Å². The Bertz CT molecular complexity index is 469. The summed E-state index contributed by atoms with van der Waals surface area (Å²) in [6, 6.07) is 6.81. The molecule has 0 aliphatic heterocycles. The standard InChI is InChI=1S/C12H19NO4S/c1-4-18(14,15)11-8-6-5-7-10(11)13-9-12(16-2)17-3/h5-8,12-13H,4,9H2,1-3H3. The lowest BCUT2D eigenvalue weighted by atomic mass is 10.3. The Kier molecular flexibility index (Phi) is 5.58. The number of methoxy groups -OCH3 is 2. The number of rotatable bonds is 7. The highest BCUT2D eigenvalue weighted by atomic mass is 32.2. The van der Waals surface area contributed by atoms with Crippen LogP contribution in [-0.4, -0.2) is 41.2 Å². The number of sulfone groups is 1. The van der Waals surface area contributed by atoms with Crippen molar-refractivity contribution in [3.05, 3.63) is 24.3 Å². The molecule has 0 bridgehead atoms. The number of hydrogen-bond acceptors (Lipinski definition) is 5. The number of nitrogens with one attached hydrogen (secondary N) is 1. The van der Waals surface area contributed by atoms with Gasteiger partial charge in [0.2, 0.25) is 0 Å². The molecule has 0 fully saturated rings. The SMILES string of the molecule is CCS(=O)(=O)c1ccccc1NCC(OC)OC. The van der Waals surface area contributed by atoms with Crippen molar-refractivity contribution in [1.82, 2.24) is 0 Å². The van der Waals surface area contributed by atoms with E-state index >= 15 is 0 Å². The number of hydrogen-bond donors (Lipinski definition) is 1. The van der Waals surface area contributed by atoms with Crippen LogP contribution < -0.4 is 5.32 Å². The Labute approximate surface area is 108 Å². The summed E-state index contributed by atoms with van der Waals surface area (Å²) in [7, 11) is -0.170. The third-order valence-electron chi connectivity index (χ3n) is 2.59. The average molecular weight is 273 g/mol. The molecule has 5 nitrogen and oxygen atoms in total. The molecule has 0 amide bonds. The van der Waals surface area contributed by atoms with Gasteiger partial charge in [-0.15, -0.1) is 0 Å². The van der Waals surface area contributed by atoms with Gasteiger partial charge in [-0.2, -0.15) is 0 Å². The Hall–Kier alpha value is -1.11. The summed E-state index contributed by atoms with van der Waals surface area (Å²) in [5, 5.41) is 3.03. The van der Waals surface area contributed by atoms with Crippen LogP contribution in [0.4, 0.5) is 5.69 Å². The first-order chi connectivity index (χ1) is 8.55. The molecular formula is C12H19NO4S. The molecule has 1 aromatic rings. The zero-order valence-electron chi connectivity index (χ0n) is 10.8. The highest BCUT2D eigenvalue weighted by molar-refractivity contribution is 7.91. The minimum absolute atomic E-state index is 0.0731. The zero-order chi connectivity index (χ0) is 13.6. The maximum absolute atomic E-state index is 11.9. The molecule has 0 unspecified atom stereocenters. The van der Waals surface area contributed by atoms with Gasteiger partial charge in [0.15, 0.2) is 16.1 Å². The van der Waals surface area contributed by atoms with Crippen LogP contribution in [-0.2, 0) is 19.3 Å². The number of anilines is 1. The molecule has 1 aromatic carbocycles. The predicted octanol–water partition coefficient (Wildman–Crippen LogP) is 1.51. The summed E-state index contributed by atoms with van der Waals surface area (Å²) < 4.78 is 33.9. The molecule has 102 valence electrons. The van der Waals surface area contributed by atoms with Crippen molar-refractivity contribution in [2.24, 2.45) is 0 Å². The Morgan fingerprint density at radius 3 is 2.39 bits per heavy atom. The highest BCUT2D eigenvalue weighted by Crippen LogP contribution is 2.21. The van der Waals surface area contributed by atoms with Gasteiger partial charge in [0.1, 0.15) is 0 Å². The second kappa shape index (κ2) is 6.72. The maximum atomic E-state index is 11.9. The highest BCUT2D eigenvalue weighted by Gasteiger charge is 2.16. The van der Waals surface area contributed by atoms with Gasteiger partial charge in [0.05, 0.1) is 22.9 Å². The summed E-state index contributed by atoms with van der Waals surface area (Å²) in [6.07, 6.45) is -0.414. The smallest absolute Gasteiger partial charge is 0.180 e. The van der Waals surface area contributed by atoms with Crippen LogP contribution >= 0.6 is 0 Å². The molecule has 0 radical (unpaired) electrons. The number of para-hydroxylation sites is 1. The zero-order valence-corrected chi connectivity index (χ0v) is 11.7. The minimum Gasteiger partial charge on any atom is -0.379 e. The average Bonchev–Trinajstić information content (AvgIpc) is 2.40. The molecule has 0 saturated carbocycles. The molecule has 0 atom stereocenters. The van der Waals surface area contributed by atoms with Crippen LogP contribution in [0, 0.1) is 0 Å². The third kappa shape index (κ3) is 3.69. The first-order valence-corrected chi connectivity index (χ1v) is 7.31. The van der Waals surface area contributed by atoms with Crippen molar-refractivity contribution in [2.45, 2.75) is 18.1 Å². The van der Waals surface area contributed by atoms with E-state index < -0.39 is 16.1 Å². The summed E-state index contributed by atoms with van der Waals surface area (Å²) in [5.74, 6) is 0.0731. The molecule has 0 heterocycles.